The quantitative estimate of drug-likeness (QED) is 0.886. The fourth-order valence-corrected chi connectivity index (χ4v) is 2.41. The van der Waals surface area contributed by atoms with Gasteiger partial charge in [-0.2, -0.15) is 0 Å². The summed E-state index contributed by atoms with van der Waals surface area (Å²) in [5, 5.41) is 3.05. The Bertz CT molecular complexity index is 464. The zero-order valence-electron chi connectivity index (χ0n) is 12.1. The van der Waals surface area contributed by atoms with Crippen molar-refractivity contribution in [1.82, 2.24) is 10.2 Å². The predicted octanol–water partition coefficient (Wildman–Crippen LogP) is 1.47. The number of anilines is 1. The van der Waals surface area contributed by atoms with Gasteiger partial charge in [0.2, 0.25) is 5.91 Å². The molecule has 1 N–H and O–H groups in total. The standard InChI is InChI=1S/C15H22FN3O/c1-18(2)8-7-15(20)17-13-6-9-19(11-13)14-5-3-4-12(16)10-14/h3-5,10,13H,6-9,11H2,1-2H3,(H,17,20). The fraction of sp³-hybridized carbons (Fsp3) is 0.533. The lowest BCUT2D eigenvalue weighted by Gasteiger charge is -2.19. The largest absolute Gasteiger partial charge is 0.369 e. The van der Waals surface area contributed by atoms with Crippen molar-refractivity contribution in [2.45, 2.75) is 18.9 Å². The second-order valence-electron chi connectivity index (χ2n) is 5.53. The molecule has 1 fully saturated rings. The van der Waals surface area contributed by atoms with Gasteiger partial charge in [0.05, 0.1) is 0 Å². The van der Waals surface area contributed by atoms with E-state index >= 15 is 0 Å². The molecule has 0 bridgehead atoms. The van der Waals surface area contributed by atoms with Crippen molar-refractivity contribution in [2.24, 2.45) is 0 Å². The van der Waals surface area contributed by atoms with Crippen LogP contribution in [0.5, 0.6) is 0 Å². The maximum absolute atomic E-state index is 13.2. The molecule has 1 aromatic rings. The van der Waals surface area contributed by atoms with E-state index < -0.39 is 0 Å². The molecule has 0 spiro atoms. The molecule has 0 saturated carbocycles. The molecule has 20 heavy (non-hydrogen) atoms. The maximum Gasteiger partial charge on any atom is 0.221 e. The van der Waals surface area contributed by atoms with Crippen LogP contribution in [0, 0.1) is 5.82 Å². The smallest absolute Gasteiger partial charge is 0.221 e. The number of hydrogen-bond donors (Lipinski definition) is 1. The molecule has 1 aliphatic rings. The van der Waals surface area contributed by atoms with E-state index in [-0.39, 0.29) is 17.8 Å². The zero-order valence-corrected chi connectivity index (χ0v) is 12.1. The minimum atomic E-state index is -0.221. The number of amides is 1. The van der Waals surface area contributed by atoms with Gasteiger partial charge in [-0.3, -0.25) is 4.79 Å². The molecule has 1 atom stereocenters. The first-order chi connectivity index (χ1) is 9.54. The molecule has 2 rings (SSSR count). The van der Waals surface area contributed by atoms with Crippen LogP contribution >= 0.6 is 0 Å². The molecule has 1 heterocycles. The summed E-state index contributed by atoms with van der Waals surface area (Å²) >= 11 is 0. The van der Waals surface area contributed by atoms with Gasteiger partial charge >= 0.3 is 0 Å². The number of rotatable bonds is 5. The number of benzene rings is 1. The predicted molar refractivity (Wildman–Crippen MR) is 78.3 cm³/mol. The summed E-state index contributed by atoms with van der Waals surface area (Å²) < 4.78 is 13.2. The lowest BCUT2D eigenvalue weighted by atomic mass is 10.2. The first kappa shape index (κ1) is 14.8. The molecule has 1 amide bonds. The molecule has 1 aromatic carbocycles. The summed E-state index contributed by atoms with van der Waals surface area (Å²) in [5.41, 5.74) is 0.884. The number of carbonyl (C=O) groups excluding carboxylic acids is 1. The van der Waals surface area contributed by atoms with E-state index in [1.54, 1.807) is 6.07 Å². The number of halogens is 1. The molecule has 1 aliphatic heterocycles. The third-order valence-corrected chi connectivity index (χ3v) is 3.51. The van der Waals surface area contributed by atoms with E-state index in [1.165, 1.54) is 12.1 Å². The third kappa shape index (κ3) is 4.20. The van der Waals surface area contributed by atoms with Gasteiger partial charge in [0.15, 0.2) is 0 Å². The van der Waals surface area contributed by atoms with Crippen molar-refractivity contribution >= 4 is 11.6 Å². The lowest BCUT2D eigenvalue weighted by molar-refractivity contribution is -0.121. The Morgan fingerprint density at radius 3 is 3.00 bits per heavy atom. The van der Waals surface area contributed by atoms with Crippen LogP contribution < -0.4 is 10.2 Å². The normalized spacial score (nSPS) is 18.6. The Balaban J connectivity index is 1.82. The zero-order chi connectivity index (χ0) is 14.5. The summed E-state index contributed by atoms with van der Waals surface area (Å²) in [4.78, 5) is 15.9. The average molecular weight is 279 g/mol. The van der Waals surface area contributed by atoms with Crippen LogP contribution in [-0.2, 0) is 4.79 Å². The molecule has 4 nitrogen and oxygen atoms in total. The van der Waals surface area contributed by atoms with Gasteiger partial charge in [-0.25, -0.2) is 4.39 Å². The summed E-state index contributed by atoms with van der Waals surface area (Å²) in [7, 11) is 3.91. The molecule has 5 heteroatoms. The van der Waals surface area contributed by atoms with Crippen molar-refractivity contribution in [3.05, 3.63) is 30.1 Å². The highest BCUT2D eigenvalue weighted by molar-refractivity contribution is 5.76. The minimum Gasteiger partial charge on any atom is -0.369 e. The topological polar surface area (TPSA) is 35.6 Å². The molecular formula is C15H22FN3O. The van der Waals surface area contributed by atoms with Crippen LogP contribution in [0.3, 0.4) is 0 Å². The van der Waals surface area contributed by atoms with Crippen LogP contribution in [0.2, 0.25) is 0 Å². The van der Waals surface area contributed by atoms with Crippen molar-refractivity contribution in [3.8, 4) is 0 Å². The van der Waals surface area contributed by atoms with Crippen LogP contribution in [0.15, 0.2) is 24.3 Å². The number of nitrogens with zero attached hydrogens (tertiary/aromatic N) is 2. The Kier molecular flexibility index (Phi) is 4.95. The lowest BCUT2D eigenvalue weighted by Crippen LogP contribution is -2.38. The van der Waals surface area contributed by atoms with Gasteiger partial charge in [0, 0.05) is 37.8 Å². The van der Waals surface area contributed by atoms with E-state index in [1.807, 2.05) is 25.1 Å². The molecular weight excluding hydrogens is 257 g/mol. The van der Waals surface area contributed by atoms with Crippen molar-refractivity contribution < 1.29 is 9.18 Å². The van der Waals surface area contributed by atoms with E-state index in [4.69, 9.17) is 0 Å². The summed E-state index contributed by atoms with van der Waals surface area (Å²) in [5.74, 6) is -0.134. The molecule has 1 saturated heterocycles. The van der Waals surface area contributed by atoms with Crippen LogP contribution in [0.25, 0.3) is 0 Å². The van der Waals surface area contributed by atoms with Crippen LogP contribution in [0.1, 0.15) is 12.8 Å². The van der Waals surface area contributed by atoms with Gasteiger partial charge in [-0.15, -0.1) is 0 Å². The van der Waals surface area contributed by atoms with Gasteiger partial charge < -0.3 is 15.1 Å². The van der Waals surface area contributed by atoms with E-state index in [0.29, 0.717) is 6.42 Å². The van der Waals surface area contributed by atoms with Crippen molar-refractivity contribution in [3.63, 3.8) is 0 Å². The van der Waals surface area contributed by atoms with Crippen molar-refractivity contribution in [2.75, 3.05) is 38.6 Å². The third-order valence-electron chi connectivity index (χ3n) is 3.51. The Morgan fingerprint density at radius 1 is 1.50 bits per heavy atom. The number of nitrogens with one attached hydrogen (secondary N) is 1. The Morgan fingerprint density at radius 2 is 2.30 bits per heavy atom. The minimum absolute atomic E-state index is 0.0878. The summed E-state index contributed by atoms with van der Waals surface area (Å²) in [6, 6.07) is 6.76. The SMILES string of the molecule is CN(C)CCC(=O)NC1CCN(c2cccc(F)c2)C1. The number of hydrogen-bond acceptors (Lipinski definition) is 3. The highest BCUT2D eigenvalue weighted by Gasteiger charge is 2.24. The molecule has 110 valence electrons. The first-order valence-electron chi connectivity index (χ1n) is 6.99. The van der Waals surface area contributed by atoms with E-state index in [9.17, 15) is 9.18 Å². The van der Waals surface area contributed by atoms with Gasteiger partial charge in [-0.05, 0) is 38.7 Å². The second-order valence-corrected chi connectivity index (χ2v) is 5.53. The fourth-order valence-electron chi connectivity index (χ4n) is 2.41. The molecule has 0 radical (unpaired) electrons. The molecule has 0 aliphatic carbocycles. The highest BCUT2D eigenvalue weighted by Crippen LogP contribution is 2.21. The van der Waals surface area contributed by atoms with E-state index in [2.05, 4.69) is 10.2 Å². The first-order valence-corrected chi connectivity index (χ1v) is 6.99. The highest BCUT2D eigenvalue weighted by atomic mass is 19.1. The van der Waals surface area contributed by atoms with E-state index in [0.717, 1.165) is 31.7 Å². The summed E-state index contributed by atoms with van der Waals surface area (Å²) in [6.07, 6.45) is 1.42. The van der Waals surface area contributed by atoms with Crippen LogP contribution in [0.4, 0.5) is 10.1 Å². The van der Waals surface area contributed by atoms with Gasteiger partial charge in [0.1, 0.15) is 5.82 Å². The summed E-state index contributed by atoms with van der Waals surface area (Å²) in [6.45, 7) is 2.35. The van der Waals surface area contributed by atoms with Crippen molar-refractivity contribution in [1.29, 1.82) is 0 Å². The average Bonchev–Trinajstić information content (AvgIpc) is 2.85. The Hall–Kier alpha value is -1.62. The van der Waals surface area contributed by atoms with Gasteiger partial charge in [0.25, 0.3) is 0 Å². The maximum atomic E-state index is 13.2. The van der Waals surface area contributed by atoms with Crippen LogP contribution in [-0.4, -0.2) is 50.6 Å². The Labute approximate surface area is 119 Å². The molecule has 1 unspecified atom stereocenters. The monoisotopic (exact) mass is 279 g/mol. The molecule has 0 aromatic heterocycles. The number of carbonyl (C=O) groups is 1. The van der Waals surface area contributed by atoms with Gasteiger partial charge in [-0.1, -0.05) is 6.07 Å². The second kappa shape index (κ2) is 6.70.